The summed E-state index contributed by atoms with van der Waals surface area (Å²) in [7, 11) is 6.24. The Morgan fingerprint density at radius 2 is 1.90 bits per heavy atom. The highest BCUT2D eigenvalue weighted by atomic mass is 16.5. The summed E-state index contributed by atoms with van der Waals surface area (Å²) in [6, 6.07) is 6.50. The maximum Gasteiger partial charge on any atom is 0.203 e. The van der Waals surface area contributed by atoms with E-state index >= 15 is 0 Å². The summed E-state index contributed by atoms with van der Waals surface area (Å²) < 4.78 is 16.8. The summed E-state index contributed by atoms with van der Waals surface area (Å²) >= 11 is 0. The molecule has 0 amide bonds. The number of nitrogens with one attached hydrogen (secondary N) is 1. The average Bonchev–Trinajstić information content (AvgIpc) is 3.03. The van der Waals surface area contributed by atoms with Gasteiger partial charge < -0.3 is 24.6 Å². The molecular weight excluding hydrogens is 402 g/mol. The first kappa shape index (κ1) is 22.4. The molecule has 9 heteroatoms. The van der Waals surface area contributed by atoms with Crippen molar-refractivity contribution in [3.63, 3.8) is 0 Å². The molecule has 1 atom stereocenters. The topological polar surface area (TPSA) is 110 Å². The lowest BCUT2D eigenvalue weighted by Gasteiger charge is -2.22. The number of aryl methyl sites for hydroxylation is 1. The molecule has 166 valence electrons. The van der Waals surface area contributed by atoms with Gasteiger partial charge in [0.1, 0.15) is 0 Å². The van der Waals surface area contributed by atoms with Crippen LogP contribution in [0, 0.1) is 4.91 Å². The van der Waals surface area contributed by atoms with Crippen molar-refractivity contribution in [1.29, 1.82) is 0 Å². The molecule has 0 saturated heterocycles. The van der Waals surface area contributed by atoms with Gasteiger partial charge >= 0.3 is 0 Å². The van der Waals surface area contributed by atoms with E-state index in [4.69, 9.17) is 19.3 Å². The molecule has 0 spiro atoms. The van der Waals surface area contributed by atoms with Crippen molar-refractivity contribution in [2.75, 3.05) is 46.8 Å². The second-order valence-electron chi connectivity index (χ2n) is 7.16. The second-order valence-corrected chi connectivity index (χ2v) is 7.16. The molecule has 31 heavy (non-hydrogen) atoms. The first-order valence-corrected chi connectivity index (χ1v) is 9.91. The zero-order valence-corrected chi connectivity index (χ0v) is 18.1. The second kappa shape index (κ2) is 9.65. The highest BCUT2D eigenvalue weighted by molar-refractivity contribution is 5.83. The van der Waals surface area contributed by atoms with Gasteiger partial charge in [-0.3, -0.25) is 9.80 Å². The molecular formula is C22H27N3O6. The third-order valence-electron chi connectivity index (χ3n) is 5.51. The number of hydrogen-bond donors (Lipinski definition) is 2. The van der Waals surface area contributed by atoms with Gasteiger partial charge in [-0.1, -0.05) is 6.07 Å². The molecule has 0 fully saturated rings. The third kappa shape index (κ3) is 4.13. The number of hydrogen-bond acceptors (Lipinski definition) is 8. The monoisotopic (exact) mass is 429 g/mol. The normalized spacial score (nSPS) is 14.5. The largest absolute Gasteiger partial charge is 0.493 e. The van der Waals surface area contributed by atoms with Gasteiger partial charge in [0.25, 0.3) is 0 Å². The minimum Gasteiger partial charge on any atom is -0.493 e. The number of nitroso groups, excluding NO2 is 1. The molecule has 0 heterocycles. The Bertz CT molecular complexity index is 1030. The number of methoxy groups -OCH3 is 3. The van der Waals surface area contributed by atoms with Crippen molar-refractivity contribution >= 4 is 5.69 Å². The Balaban J connectivity index is 2.39. The minimum absolute atomic E-state index is 0.105. The third-order valence-corrected chi connectivity index (χ3v) is 5.51. The van der Waals surface area contributed by atoms with Crippen molar-refractivity contribution in [2.24, 2.45) is 5.29 Å². The maximum atomic E-state index is 12.9. The molecule has 0 aromatic heterocycles. The van der Waals surface area contributed by atoms with Crippen LogP contribution in [0.25, 0.3) is 11.1 Å². The lowest BCUT2D eigenvalue weighted by Crippen LogP contribution is -2.20. The van der Waals surface area contributed by atoms with Gasteiger partial charge in [-0.25, -0.2) is 0 Å². The summed E-state index contributed by atoms with van der Waals surface area (Å²) in [5.41, 5.74) is 3.22. The Morgan fingerprint density at radius 3 is 2.52 bits per heavy atom. The standard InChI is InChI=1S/C22H27N3O6/c1-25(24-28)17-8-5-13-11-19(29-2)21(30-3)22(31-4)20(13)14-6-7-16(23-9-10-26)18(27)12-15(14)17/h6-7,11-12,17,26H,5,8-10H2,1-4H3,(H,23,27). The van der Waals surface area contributed by atoms with Crippen LogP contribution in [-0.2, 0) is 6.42 Å². The molecule has 0 saturated carbocycles. The SMILES string of the molecule is COc1cc2c(c(OC)c1OC)-c1ccc(NCCO)c(=O)cc1C(N(C)N=O)CC2. The van der Waals surface area contributed by atoms with E-state index in [2.05, 4.69) is 10.6 Å². The fourth-order valence-corrected chi connectivity index (χ4v) is 4.07. The van der Waals surface area contributed by atoms with E-state index < -0.39 is 6.04 Å². The van der Waals surface area contributed by atoms with Crippen molar-refractivity contribution in [3.05, 3.63) is 50.5 Å². The van der Waals surface area contributed by atoms with Crippen molar-refractivity contribution < 1.29 is 19.3 Å². The molecule has 2 aromatic rings. The highest BCUT2D eigenvalue weighted by Gasteiger charge is 2.30. The van der Waals surface area contributed by atoms with Crippen LogP contribution in [0.5, 0.6) is 17.2 Å². The average molecular weight is 429 g/mol. The molecule has 1 unspecified atom stereocenters. The van der Waals surface area contributed by atoms with Gasteiger partial charge in [-0.15, -0.1) is 4.91 Å². The quantitative estimate of drug-likeness (QED) is 0.487. The molecule has 9 nitrogen and oxygen atoms in total. The van der Waals surface area contributed by atoms with Crippen LogP contribution in [0.1, 0.15) is 23.6 Å². The van der Waals surface area contributed by atoms with Gasteiger partial charge in [-0.05, 0) is 47.7 Å². The lowest BCUT2D eigenvalue weighted by atomic mass is 9.95. The molecule has 0 radical (unpaired) electrons. The number of aliphatic hydroxyl groups excluding tert-OH is 1. The first-order chi connectivity index (χ1) is 15.0. The minimum atomic E-state index is -0.410. The zero-order valence-electron chi connectivity index (χ0n) is 18.1. The van der Waals surface area contributed by atoms with E-state index in [9.17, 15) is 9.70 Å². The molecule has 0 bridgehead atoms. The smallest absolute Gasteiger partial charge is 0.203 e. The van der Waals surface area contributed by atoms with E-state index in [1.54, 1.807) is 27.3 Å². The van der Waals surface area contributed by atoms with Crippen LogP contribution >= 0.6 is 0 Å². The van der Waals surface area contributed by atoms with Gasteiger partial charge in [0.2, 0.25) is 11.2 Å². The van der Waals surface area contributed by atoms with Gasteiger partial charge in [0.15, 0.2) is 11.5 Å². The predicted molar refractivity (Wildman–Crippen MR) is 118 cm³/mol. The summed E-state index contributed by atoms with van der Waals surface area (Å²) in [5, 5.41) is 16.5. The molecule has 2 aromatic carbocycles. The number of aliphatic hydroxyl groups is 1. The van der Waals surface area contributed by atoms with E-state index in [1.807, 2.05) is 12.1 Å². The van der Waals surface area contributed by atoms with E-state index in [1.165, 1.54) is 18.2 Å². The Labute approximate surface area is 180 Å². The van der Waals surface area contributed by atoms with Gasteiger partial charge in [0, 0.05) is 19.2 Å². The summed E-state index contributed by atoms with van der Waals surface area (Å²) in [6.45, 7) is 0.139. The lowest BCUT2D eigenvalue weighted by molar-refractivity contribution is 0.242. The number of fused-ring (bicyclic) bond motifs is 3. The molecule has 3 rings (SSSR count). The van der Waals surface area contributed by atoms with Crippen molar-refractivity contribution in [1.82, 2.24) is 5.01 Å². The van der Waals surface area contributed by atoms with Crippen molar-refractivity contribution in [3.8, 4) is 28.4 Å². The number of rotatable bonds is 8. The Kier molecular flexibility index (Phi) is 6.96. The highest BCUT2D eigenvalue weighted by Crippen LogP contribution is 2.50. The Hall–Kier alpha value is -3.33. The van der Waals surface area contributed by atoms with Gasteiger partial charge in [0.05, 0.1) is 45.0 Å². The van der Waals surface area contributed by atoms with E-state index in [0.717, 1.165) is 16.7 Å². The van der Waals surface area contributed by atoms with Gasteiger partial charge in [-0.2, -0.15) is 0 Å². The summed E-state index contributed by atoms with van der Waals surface area (Å²) in [5.74, 6) is 1.47. The summed E-state index contributed by atoms with van der Waals surface area (Å²) in [6.07, 6.45) is 1.17. The summed E-state index contributed by atoms with van der Waals surface area (Å²) in [4.78, 5) is 24.3. The first-order valence-electron chi connectivity index (χ1n) is 9.91. The Morgan fingerprint density at radius 1 is 1.16 bits per heavy atom. The van der Waals surface area contributed by atoms with Crippen LogP contribution in [0.2, 0.25) is 0 Å². The van der Waals surface area contributed by atoms with Crippen LogP contribution in [0.15, 0.2) is 34.3 Å². The van der Waals surface area contributed by atoms with Crippen molar-refractivity contribution in [2.45, 2.75) is 18.9 Å². The van der Waals surface area contributed by atoms with Crippen LogP contribution < -0.4 is 25.0 Å². The van der Waals surface area contributed by atoms with E-state index in [-0.39, 0.29) is 18.6 Å². The zero-order chi connectivity index (χ0) is 22.5. The maximum absolute atomic E-state index is 12.9. The number of nitrogens with zero attached hydrogens (tertiary/aromatic N) is 2. The van der Waals surface area contributed by atoms with E-state index in [0.29, 0.717) is 41.3 Å². The molecule has 2 N–H and O–H groups in total. The number of benzene rings is 1. The van der Waals surface area contributed by atoms with Crippen LogP contribution in [0.4, 0.5) is 5.69 Å². The number of anilines is 1. The fraction of sp³-hybridized carbons (Fsp3) is 0.409. The molecule has 1 aliphatic carbocycles. The molecule has 0 aliphatic heterocycles. The predicted octanol–water partition coefficient (Wildman–Crippen LogP) is 2.74. The fourth-order valence-electron chi connectivity index (χ4n) is 4.07. The molecule has 1 aliphatic rings. The number of ether oxygens (including phenoxy) is 3. The van der Waals surface area contributed by atoms with Crippen LogP contribution in [0.3, 0.4) is 0 Å². The van der Waals surface area contributed by atoms with Crippen LogP contribution in [-0.4, -0.2) is 51.6 Å².